The minimum atomic E-state index is -0.279. The van der Waals surface area contributed by atoms with E-state index in [2.05, 4.69) is 11.9 Å². The zero-order chi connectivity index (χ0) is 8.15. The topological polar surface area (TPSA) is 32.6 Å². The molecule has 0 saturated heterocycles. The van der Waals surface area contributed by atoms with Crippen molar-refractivity contribution in [2.75, 3.05) is 7.05 Å². The first-order valence-corrected chi connectivity index (χ1v) is 3.77. The van der Waals surface area contributed by atoms with E-state index in [1.165, 1.54) is 0 Å². The van der Waals surface area contributed by atoms with Crippen molar-refractivity contribution < 1.29 is 5.11 Å². The van der Waals surface area contributed by atoms with Crippen molar-refractivity contribution in [1.82, 2.24) is 0 Å². The fraction of sp³-hybridized carbons (Fsp3) is 0.875. The maximum atomic E-state index is 9.17. The van der Waals surface area contributed by atoms with Crippen LogP contribution in [0.1, 0.15) is 27.2 Å². The van der Waals surface area contributed by atoms with Crippen molar-refractivity contribution in [2.24, 2.45) is 10.9 Å². The quantitative estimate of drug-likeness (QED) is 0.596. The predicted octanol–water partition coefficient (Wildman–Crippen LogP) is 1.48. The van der Waals surface area contributed by atoms with Gasteiger partial charge in [0.25, 0.3) is 0 Å². The van der Waals surface area contributed by atoms with Gasteiger partial charge in [-0.1, -0.05) is 13.8 Å². The van der Waals surface area contributed by atoms with E-state index in [0.717, 1.165) is 12.1 Å². The van der Waals surface area contributed by atoms with Crippen molar-refractivity contribution >= 4 is 5.71 Å². The second kappa shape index (κ2) is 4.45. The molecule has 0 spiro atoms. The zero-order valence-electron chi connectivity index (χ0n) is 7.26. The SMILES string of the molecule is CCC(=NC)[C@@H](C)[C@@H](C)O. The molecule has 1 N–H and O–H groups in total. The highest BCUT2D eigenvalue weighted by molar-refractivity contribution is 5.86. The van der Waals surface area contributed by atoms with Crippen LogP contribution in [0.5, 0.6) is 0 Å². The Morgan fingerprint density at radius 2 is 2.00 bits per heavy atom. The molecule has 0 aromatic heterocycles. The smallest absolute Gasteiger partial charge is 0.0589 e. The Morgan fingerprint density at radius 3 is 2.10 bits per heavy atom. The molecule has 0 unspecified atom stereocenters. The van der Waals surface area contributed by atoms with Gasteiger partial charge in [0.2, 0.25) is 0 Å². The molecule has 0 amide bonds. The van der Waals surface area contributed by atoms with Crippen molar-refractivity contribution in [3.63, 3.8) is 0 Å². The number of nitrogens with zero attached hydrogens (tertiary/aromatic N) is 1. The van der Waals surface area contributed by atoms with Crippen LogP contribution in [0.25, 0.3) is 0 Å². The van der Waals surface area contributed by atoms with Gasteiger partial charge in [-0.25, -0.2) is 0 Å². The van der Waals surface area contributed by atoms with Crippen LogP contribution in [-0.4, -0.2) is 24.0 Å². The number of rotatable bonds is 3. The molecule has 0 heterocycles. The summed E-state index contributed by atoms with van der Waals surface area (Å²) in [5.41, 5.74) is 1.09. The summed E-state index contributed by atoms with van der Waals surface area (Å²) >= 11 is 0. The molecule has 0 aliphatic heterocycles. The van der Waals surface area contributed by atoms with Gasteiger partial charge in [-0.05, 0) is 13.3 Å². The first kappa shape index (κ1) is 9.63. The third-order valence-corrected chi connectivity index (χ3v) is 1.90. The lowest BCUT2D eigenvalue weighted by Crippen LogP contribution is -2.22. The van der Waals surface area contributed by atoms with Gasteiger partial charge in [-0.3, -0.25) is 4.99 Å². The minimum absolute atomic E-state index is 0.204. The lowest BCUT2D eigenvalue weighted by atomic mass is 9.98. The molecular formula is C8H17NO. The maximum Gasteiger partial charge on any atom is 0.0589 e. The highest BCUT2D eigenvalue weighted by atomic mass is 16.3. The molecule has 0 aliphatic carbocycles. The van der Waals surface area contributed by atoms with Crippen LogP contribution in [-0.2, 0) is 0 Å². The highest BCUT2D eigenvalue weighted by Crippen LogP contribution is 2.07. The summed E-state index contributed by atoms with van der Waals surface area (Å²) in [4.78, 5) is 4.08. The van der Waals surface area contributed by atoms with Crippen LogP contribution in [0.3, 0.4) is 0 Å². The minimum Gasteiger partial charge on any atom is -0.393 e. The Labute approximate surface area is 63.0 Å². The summed E-state index contributed by atoms with van der Waals surface area (Å²) in [6.45, 7) is 5.85. The normalized spacial score (nSPS) is 18.7. The van der Waals surface area contributed by atoms with E-state index >= 15 is 0 Å². The van der Waals surface area contributed by atoms with Crippen molar-refractivity contribution in [3.05, 3.63) is 0 Å². The van der Waals surface area contributed by atoms with Gasteiger partial charge in [0.1, 0.15) is 0 Å². The Bertz CT molecular complexity index is 118. The van der Waals surface area contributed by atoms with Crippen molar-refractivity contribution in [1.29, 1.82) is 0 Å². The van der Waals surface area contributed by atoms with Gasteiger partial charge in [0.15, 0.2) is 0 Å². The first-order valence-electron chi connectivity index (χ1n) is 3.77. The summed E-state index contributed by atoms with van der Waals surface area (Å²) < 4.78 is 0. The average molecular weight is 143 g/mol. The molecule has 0 bridgehead atoms. The van der Waals surface area contributed by atoms with E-state index in [1.54, 1.807) is 14.0 Å². The van der Waals surface area contributed by atoms with Crippen molar-refractivity contribution in [3.8, 4) is 0 Å². The second-order valence-corrected chi connectivity index (χ2v) is 2.60. The molecule has 0 rings (SSSR count). The van der Waals surface area contributed by atoms with Crippen LogP contribution in [0.4, 0.5) is 0 Å². The average Bonchev–Trinajstić information content (AvgIpc) is 1.90. The molecular weight excluding hydrogens is 126 g/mol. The van der Waals surface area contributed by atoms with E-state index in [0.29, 0.717) is 0 Å². The zero-order valence-corrected chi connectivity index (χ0v) is 7.26. The van der Waals surface area contributed by atoms with Crippen LogP contribution >= 0.6 is 0 Å². The summed E-state index contributed by atoms with van der Waals surface area (Å²) in [6.07, 6.45) is 0.654. The molecule has 0 aromatic carbocycles. The Kier molecular flexibility index (Phi) is 4.28. The van der Waals surface area contributed by atoms with E-state index in [9.17, 15) is 5.11 Å². The molecule has 10 heavy (non-hydrogen) atoms. The van der Waals surface area contributed by atoms with Gasteiger partial charge >= 0.3 is 0 Å². The van der Waals surface area contributed by atoms with Gasteiger partial charge in [0, 0.05) is 18.7 Å². The Hall–Kier alpha value is -0.370. The summed E-state index contributed by atoms with van der Waals surface area (Å²) in [5.74, 6) is 0.204. The van der Waals surface area contributed by atoms with Gasteiger partial charge in [0.05, 0.1) is 6.10 Å². The van der Waals surface area contributed by atoms with E-state index in [4.69, 9.17) is 0 Å². The fourth-order valence-electron chi connectivity index (χ4n) is 0.962. The first-order chi connectivity index (χ1) is 4.63. The standard InChI is InChI=1S/C8H17NO/c1-5-8(9-4)6(2)7(3)10/h6-7,10H,5H2,1-4H3/t6-,7+/m0/s1. The molecule has 0 aromatic rings. The number of hydrogen-bond acceptors (Lipinski definition) is 2. The summed E-state index contributed by atoms with van der Waals surface area (Å²) in [6, 6.07) is 0. The maximum absolute atomic E-state index is 9.17. The third-order valence-electron chi connectivity index (χ3n) is 1.90. The van der Waals surface area contributed by atoms with Gasteiger partial charge in [-0.15, -0.1) is 0 Å². The lowest BCUT2D eigenvalue weighted by Gasteiger charge is -2.15. The molecule has 0 fully saturated rings. The molecule has 0 saturated carbocycles. The van der Waals surface area contributed by atoms with E-state index < -0.39 is 0 Å². The molecule has 2 atom stereocenters. The van der Waals surface area contributed by atoms with E-state index in [1.807, 2.05) is 6.92 Å². The molecule has 60 valence electrons. The molecule has 0 aliphatic rings. The Morgan fingerprint density at radius 1 is 1.50 bits per heavy atom. The van der Waals surface area contributed by atoms with Crippen LogP contribution in [0, 0.1) is 5.92 Å². The highest BCUT2D eigenvalue weighted by Gasteiger charge is 2.12. The fourth-order valence-corrected chi connectivity index (χ4v) is 0.962. The predicted molar refractivity (Wildman–Crippen MR) is 44.5 cm³/mol. The monoisotopic (exact) mass is 143 g/mol. The Balaban J connectivity index is 4.03. The van der Waals surface area contributed by atoms with Crippen LogP contribution in [0.2, 0.25) is 0 Å². The molecule has 2 heteroatoms. The largest absolute Gasteiger partial charge is 0.393 e. The third kappa shape index (κ3) is 2.48. The number of aliphatic imine (C=N–C) groups is 1. The lowest BCUT2D eigenvalue weighted by molar-refractivity contribution is 0.164. The molecule has 0 radical (unpaired) electrons. The summed E-state index contributed by atoms with van der Waals surface area (Å²) in [7, 11) is 1.78. The number of aliphatic hydroxyl groups excluding tert-OH is 1. The number of aliphatic hydroxyl groups is 1. The summed E-state index contributed by atoms with van der Waals surface area (Å²) in [5, 5.41) is 9.17. The van der Waals surface area contributed by atoms with Crippen LogP contribution in [0.15, 0.2) is 4.99 Å². The molecule has 2 nitrogen and oxygen atoms in total. The van der Waals surface area contributed by atoms with Gasteiger partial charge < -0.3 is 5.11 Å². The van der Waals surface area contributed by atoms with Crippen LogP contribution < -0.4 is 0 Å². The van der Waals surface area contributed by atoms with Crippen molar-refractivity contribution in [2.45, 2.75) is 33.3 Å². The number of hydrogen-bond donors (Lipinski definition) is 1. The van der Waals surface area contributed by atoms with Gasteiger partial charge in [-0.2, -0.15) is 0 Å². The second-order valence-electron chi connectivity index (χ2n) is 2.60. The van der Waals surface area contributed by atoms with E-state index in [-0.39, 0.29) is 12.0 Å².